The van der Waals surface area contributed by atoms with E-state index in [0.29, 0.717) is 11.1 Å². The number of carboxylic acids is 2. The molecule has 16 heteroatoms. The molecule has 1 aliphatic carbocycles. The number of hydrogen-bond donors (Lipinski definition) is 8. The van der Waals surface area contributed by atoms with Gasteiger partial charge in [-0.3, -0.25) is 29.8 Å². The predicted octanol–water partition coefficient (Wildman–Crippen LogP) is -0.347. The van der Waals surface area contributed by atoms with Gasteiger partial charge in [-0.15, -0.1) is 0 Å². The number of amides is 2. The van der Waals surface area contributed by atoms with E-state index in [0.717, 1.165) is 6.07 Å². The fourth-order valence-electron chi connectivity index (χ4n) is 4.67. The number of benzene rings is 3. The van der Waals surface area contributed by atoms with Crippen LogP contribution in [0.15, 0.2) is 51.8 Å². The van der Waals surface area contributed by atoms with E-state index in [1.165, 1.54) is 24.3 Å². The van der Waals surface area contributed by atoms with Crippen LogP contribution in [0.3, 0.4) is 0 Å². The van der Waals surface area contributed by atoms with Crippen molar-refractivity contribution in [2.24, 2.45) is 5.84 Å². The Kier molecular flexibility index (Phi) is 8.20. The average Bonchev–Trinajstić information content (AvgIpc) is 2.94. The first-order valence-corrected chi connectivity index (χ1v) is 13.8. The molecule has 1 unspecified atom stereocenters. The van der Waals surface area contributed by atoms with Crippen LogP contribution in [0.25, 0.3) is 33.4 Å². The van der Waals surface area contributed by atoms with Crippen molar-refractivity contribution in [3.8, 4) is 22.5 Å². The SMILES string of the molecule is Cc1c2oc3c(S(=O)(=O)O)c(N)ccc3c(-c3ccc(C(=O)NC(CCC(=O)O)C(=O)NN)cc3C(=O)O)c-2ccc1=[NH2+]. The third-order valence-electron chi connectivity index (χ3n) is 6.78. The summed E-state index contributed by atoms with van der Waals surface area (Å²) >= 11 is 0. The number of hydrogen-bond acceptors (Lipinski definition) is 9. The van der Waals surface area contributed by atoms with Gasteiger partial charge < -0.3 is 25.7 Å². The third kappa shape index (κ3) is 5.87. The zero-order chi connectivity index (χ0) is 31.8. The number of carbonyl (C=O) groups is 4. The molecule has 0 saturated carbocycles. The highest BCUT2D eigenvalue weighted by atomic mass is 32.2. The van der Waals surface area contributed by atoms with Crippen LogP contribution in [0.2, 0.25) is 0 Å². The van der Waals surface area contributed by atoms with Gasteiger partial charge in [-0.1, -0.05) is 6.07 Å². The minimum absolute atomic E-state index is 0.0345. The number of hydrazine groups is 1. The molecule has 11 N–H and O–H groups in total. The van der Waals surface area contributed by atoms with Crippen LogP contribution in [0.4, 0.5) is 5.69 Å². The molecule has 0 spiro atoms. The maximum absolute atomic E-state index is 13.0. The predicted molar refractivity (Wildman–Crippen MR) is 150 cm³/mol. The first kappa shape index (κ1) is 30.6. The summed E-state index contributed by atoms with van der Waals surface area (Å²) in [5.41, 5.74) is 7.39. The lowest BCUT2D eigenvalue weighted by atomic mass is 9.88. The average molecular weight is 613 g/mol. The topological polar surface area (TPSA) is 278 Å². The second kappa shape index (κ2) is 11.5. The number of carboxylic acid groups (broad SMARTS) is 2. The largest absolute Gasteiger partial charge is 0.481 e. The van der Waals surface area contributed by atoms with Crippen LogP contribution in [0.5, 0.6) is 0 Å². The van der Waals surface area contributed by atoms with E-state index in [-0.39, 0.29) is 50.9 Å². The fraction of sp³-hybridized carbons (Fsp3) is 0.148. The molecule has 224 valence electrons. The van der Waals surface area contributed by atoms with Crippen molar-refractivity contribution in [3.05, 3.63) is 64.5 Å². The number of nitrogens with two attached hydrogens (primary N) is 3. The Balaban J connectivity index is 1.98. The lowest BCUT2D eigenvalue weighted by Crippen LogP contribution is -2.49. The van der Waals surface area contributed by atoms with Crippen LogP contribution in [0, 0.1) is 6.92 Å². The summed E-state index contributed by atoms with van der Waals surface area (Å²) in [6, 6.07) is 7.97. The van der Waals surface area contributed by atoms with E-state index in [9.17, 15) is 37.3 Å². The first-order valence-electron chi connectivity index (χ1n) is 12.4. The minimum Gasteiger partial charge on any atom is -0.481 e. The van der Waals surface area contributed by atoms with Gasteiger partial charge >= 0.3 is 11.9 Å². The number of aliphatic carboxylic acids is 1. The van der Waals surface area contributed by atoms with Gasteiger partial charge in [0.05, 0.1) is 16.8 Å². The second-order valence-electron chi connectivity index (χ2n) is 9.50. The summed E-state index contributed by atoms with van der Waals surface area (Å²) in [5, 5.41) is 27.9. The van der Waals surface area contributed by atoms with Crippen LogP contribution >= 0.6 is 0 Å². The van der Waals surface area contributed by atoms with Crippen LogP contribution in [-0.4, -0.2) is 53.0 Å². The highest BCUT2D eigenvalue weighted by molar-refractivity contribution is 7.86. The molecule has 1 aliphatic heterocycles. The quantitative estimate of drug-likeness (QED) is 0.0301. The molecule has 43 heavy (non-hydrogen) atoms. The molecule has 0 bridgehead atoms. The molecule has 1 atom stereocenters. The second-order valence-corrected chi connectivity index (χ2v) is 10.9. The molecular formula is C27H26N5O10S+. The van der Waals surface area contributed by atoms with E-state index in [1.54, 1.807) is 19.1 Å². The molecule has 0 aromatic heterocycles. The Bertz CT molecular complexity index is 1970. The molecule has 2 aromatic carbocycles. The van der Waals surface area contributed by atoms with Gasteiger partial charge in [0.2, 0.25) is 5.36 Å². The van der Waals surface area contributed by atoms with Crippen LogP contribution in [-0.2, 0) is 19.7 Å². The normalized spacial score (nSPS) is 12.2. The van der Waals surface area contributed by atoms with Gasteiger partial charge in [0.1, 0.15) is 11.8 Å². The Morgan fingerprint density at radius 3 is 2.33 bits per heavy atom. The highest BCUT2D eigenvalue weighted by Gasteiger charge is 2.29. The van der Waals surface area contributed by atoms with E-state index in [1.807, 2.05) is 5.43 Å². The molecule has 4 rings (SSSR count). The molecule has 15 nitrogen and oxygen atoms in total. The summed E-state index contributed by atoms with van der Waals surface area (Å²) in [6.45, 7) is 1.60. The van der Waals surface area contributed by atoms with Gasteiger partial charge in [-0.05, 0) is 49.2 Å². The van der Waals surface area contributed by atoms with E-state index < -0.39 is 56.8 Å². The first-order chi connectivity index (χ1) is 20.1. The van der Waals surface area contributed by atoms with Gasteiger partial charge in [0.25, 0.3) is 21.9 Å². The van der Waals surface area contributed by atoms with Crippen molar-refractivity contribution in [2.45, 2.75) is 30.7 Å². The van der Waals surface area contributed by atoms with Crippen LogP contribution < -0.4 is 33.1 Å². The maximum atomic E-state index is 13.0. The molecule has 0 radical (unpaired) electrons. The van der Waals surface area contributed by atoms with E-state index >= 15 is 0 Å². The summed E-state index contributed by atoms with van der Waals surface area (Å²) < 4.78 is 40.5. The molecule has 0 saturated heterocycles. The molecule has 0 fully saturated rings. The molecule has 2 amide bonds. The van der Waals surface area contributed by atoms with Crippen LogP contribution in [0.1, 0.15) is 39.1 Å². The fourth-order valence-corrected chi connectivity index (χ4v) is 5.43. The van der Waals surface area contributed by atoms with Gasteiger partial charge in [0.15, 0.2) is 10.5 Å². The zero-order valence-electron chi connectivity index (χ0n) is 22.4. The number of aromatic carboxylic acids is 1. The third-order valence-corrected chi connectivity index (χ3v) is 7.72. The van der Waals surface area contributed by atoms with Gasteiger partial charge in [-0.2, -0.15) is 8.42 Å². The summed E-state index contributed by atoms with van der Waals surface area (Å²) in [7, 11) is -4.92. The number of rotatable bonds is 9. The number of anilines is 1. The van der Waals surface area contributed by atoms with Gasteiger partial charge in [-0.25, -0.2) is 10.6 Å². The Labute approximate surface area is 242 Å². The molecular weight excluding hydrogens is 586 g/mol. The minimum atomic E-state index is -4.92. The molecule has 2 aromatic rings. The maximum Gasteiger partial charge on any atom is 0.336 e. The molecule has 2 aliphatic rings. The number of fused-ring (bicyclic) bond motifs is 2. The van der Waals surface area contributed by atoms with Crippen molar-refractivity contribution >= 4 is 50.5 Å². The summed E-state index contributed by atoms with van der Waals surface area (Å²) in [4.78, 5) is 47.9. The Hall–Kier alpha value is -5.32. The van der Waals surface area contributed by atoms with Crippen molar-refractivity contribution < 1.29 is 52.2 Å². The summed E-state index contributed by atoms with van der Waals surface area (Å²) in [5.74, 6) is 0.798. The lowest BCUT2D eigenvalue weighted by molar-refractivity contribution is -0.173. The Morgan fingerprint density at radius 2 is 1.72 bits per heavy atom. The number of nitrogen functional groups attached to an aromatic ring is 1. The smallest absolute Gasteiger partial charge is 0.336 e. The van der Waals surface area contributed by atoms with Crippen molar-refractivity contribution in [1.82, 2.24) is 10.7 Å². The Morgan fingerprint density at radius 1 is 1.05 bits per heavy atom. The van der Waals surface area contributed by atoms with Crippen molar-refractivity contribution in [3.63, 3.8) is 0 Å². The molecule has 1 heterocycles. The number of nitrogens with one attached hydrogen (secondary N) is 2. The number of carbonyl (C=O) groups excluding carboxylic acids is 2. The summed E-state index contributed by atoms with van der Waals surface area (Å²) in [6.07, 6.45) is -0.752. The monoisotopic (exact) mass is 612 g/mol. The van der Waals surface area contributed by atoms with Crippen molar-refractivity contribution in [1.29, 1.82) is 0 Å². The van der Waals surface area contributed by atoms with Gasteiger partial charge in [0, 0.05) is 34.6 Å². The van der Waals surface area contributed by atoms with E-state index in [4.69, 9.17) is 26.5 Å². The van der Waals surface area contributed by atoms with Crippen molar-refractivity contribution in [2.75, 3.05) is 5.73 Å². The standard InChI is InChI=1S/C27H25N5O10S/c1-11-17(28)6-4-14-21(15-5-7-18(29)24(43(39,40)41)23(15)42-22(11)14)13-3-2-12(10-16(13)27(37)38)25(35)31-19(26(36)32-30)8-9-20(33)34/h2-7,10,19,28H,8-9,29-30H2,1H3,(H,31,35)(H,32,36)(H,33,34)(H,37,38)(H,39,40,41)/p+1. The lowest BCUT2D eigenvalue weighted by Gasteiger charge is -2.20. The van der Waals surface area contributed by atoms with E-state index in [2.05, 4.69) is 5.32 Å². The zero-order valence-corrected chi connectivity index (χ0v) is 23.2. The highest BCUT2D eigenvalue weighted by Crippen LogP contribution is 2.44.